The molecule has 0 saturated heterocycles. The Balaban J connectivity index is 1.39. The Labute approximate surface area is 212 Å². The van der Waals surface area contributed by atoms with Gasteiger partial charge in [0, 0.05) is 11.8 Å². The van der Waals surface area contributed by atoms with Crippen molar-refractivity contribution in [2.45, 2.75) is 77.7 Å². The van der Waals surface area contributed by atoms with Crippen LogP contribution in [0.25, 0.3) is 0 Å². The fourth-order valence-corrected chi connectivity index (χ4v) is 8.01. The van der Waals surface area contributed by atoms with Crippen molar-refractivity contribution >= 4 is 5.78 Å². The van der Waals surface area contributed by atoms with E-state index in [0.29, 0.717) is 42.0 Å². The lowest BCUT2D eigenvalue weighted by Gasteiger charge is -2.53. The highest BCUT2D eigenvalue weighted by atomic mass is 16.5. The van der Waals surface area contributed by atoms with Crippen LogP contribution >= 0.6 is 0 Å². The summed E-state index contributed by atoms with van der Waals surface area (Å²) in [4.78, 5) is 13.1. The Morgan fingerprint density at radius 3 is 2.69 bits per heavy atom. The summed E-state index contributed by atoms with van der Waals surface area (Å²) in [7, 11) is 2.04. The van der Waals surface area contributed by atoms with Crippen molar-refractivity contribution in [2.75, 3.05) is 13.6 Å². The van der Waals surface area contributed by atoms with Crippen molar-refractivity contribution in [3.63, 3.8) is 0 Å². The van der Waals surface area contributed by atoms with Gasteiger partial charge in [0.2, 0.25) is 0 Å². The van der Waals surface area contributed by atoms with Crippen LogP contribution < -0.4 is 10.1 Å². The van der Waals surface area contributed by atoms with Crippen LogP contribution in [-0.4, -0.2) is 19.4 Å². The average molecular weight is 474 g/mol. The predicted octanol–water partition coefficient (Wildman–Crippen LogP) is 6.94. The molecule has 2 aromatic rings. The number of ketones is 1. The summed E-state index contributed by atoms with van der Waals surface area (Å²) in [5.74, 6) is 4.49. The molecule has 0 radical (unpaired) electrons. The molecule has 6 atom stereocenters. The second-order valence-corrected chi connectivity index (χ2v) is 11.8. The van der Waals surface area contributed by atoms with Gasteiger partial charge in [-0.3, -0.25) is 4.79 Å². The molecule has 2 saturated carbocycles. The molecule has 3 nitrogen and oxygen atoms in total. The normalized spacial score (nSPS) is 31.5. The molecule has 0 amide bonds. The van der Waals surface area contributed by atoms with E-state index in [0.717, 1.165) is 38.0 Å². The van der Waals surface area contributed by atoms with E-state index in [1.165, 1.54) is 36.8 Å². The van der Waals surface area contributed by atoms with Crippen LogP contribution in [0.3, 0.4) is 0 Å². The monoisotopic (exact) mass is 473 g/mol. The van der Waals surface area contributed by atoms with Crippen LogP contribution in [0, 0.1) is 29.1 Å². The van der Waals surface area contributed by atoms with Gasteiger partial charge < -0.3 is 10.1 Å². The summed E-state index contributed by atoms with van der Waals surface area (Å²) in [5.41, 5.74) is 4.15. The molecular weight excluding hydrogens is 430 g/mol. The lowest BCUT2D eigenvalue weighted by molar-refractivity contribution is -0.130. The maximum Gasteiger partial charge on any atom is 0.139 e. The van der Waals surface area contributed by atoms with E-state index in [9.17, 15) is 4.79 Å². The zero-order valence-electron chi connectivity index (χ0n) is 21.9. The van der Waals surface area contributed by atoms with Crippen molar-refractivity contribution < 1.29 is 9.53 Å². The van der Waals surface area contributed by atoms with E-state index >= 15 is 0 Å². The molecule has 0 aliphatic heterocycles. The van der Waals surface area contributed by atoms with Gasteiger partial charge >= 0.3 is 0 Å². The van der Waals surface area contributed by atoms with Crippen LogP contribution in [0.1, 0.15) is 81.4 Å². The minimum absolute atomic E-state index is 0.0960. The molecule has 2 aromatic carbocycles. The molecule has 5 rings (SSSR count). The van der Waals surface area contributed by atoms with Crippen LogP contribution in [0.4, 0.5) is 0 Å². The molecule has 0 spiro atoms. The Bertz CT molecular complexity index is 1020. The van der Waals surface area contributed by atoms with Crippen LogP contribution in [0.2, 0.25) is 0 Å². The highest BCUT2D eigenvalue weighted by molar-refractivity contribution is 5.87. The second kappa shape index (κ2) is 10.5. The van der Waals surface area contributed by atoms with Gasteiger partial charge in [-0.25, -0.2) is 0 Å². The summed E-state index contributed by atoms with van der Waals surface area (Å²) >= 11 is 0. The summed E-state index contributed by atoms with van der Waals surface area (Å²) in [5, 5.41) is 3.29. The standard InChI is InChI=1S/C32H43NO2/c1-22-18-29(34)32(2)16-15-28-27-14-13-26(35-21-23-10-6-4-7-11-23)20-25(27)19-24(30(28)31(22)32)12-8-5-9-17-33-3/h4,6-7,10-11,13-14,20,22,24,28,30-31,33H,5,8-9,12,15-19,21H2,1-3H3/t22-,24-,28-,30-,31+,32-/m1/s1. The van der Waals surface area contributed by atoms with Gasteiger partial charge in [0.15, 0.2) is 0 Å². The first-order chi connectivity index (χ1) is 17.0. The summed E-state index contributed by atoms with van der Waals surface area (Å²) in [6.45, 7) is 6.38. The van der Waals surface area contributed by atoms with Gasteiger partial charge in [-0.05, 0) is 104 Å². The third-order valence-electron chi connectivity index (χ3n) is 9.64. The molecule has 3 aliphatic rings. The molecule has 35 heavy (non-hydrogen) atoms. The topological polar surface area (TPSA) is 38.3 Å². The third-order valence-corrected chi connectivity index (χ3v) is 9.64. The minimum Gasteiger partial charge on any atom is -0.489 e. The van der Waals surface area contributed by atoms with Gasteiger partial charge in [0.25, 0.3) is 0 Å². The number of nitrogens with one attached hydrogen (secondary N) is 1. The molecule has 1 N–H and O–H groups in total. The van der Waals surface area contributed by atoms with E-state index < -0.39 is 0 Å². The lowest BCUT2D eigenvalue weighted by atomic mass is 9.51. The Hall–Kier alpha value is -2.13. The zero-order chi connectivity index (χ0) is 24.4. The molecular formula is C32H43NO2. The summed E-state index contributed by atoms with van der Waals surface area (Å²) < 4.78 is 6.22. The number of hydrogen-bond donors (Lipinski definition) is 1. The molecule has 0 heterocycles. The maximum absolute atomic E-state index is 13.1. The van der Waals surface area contributed by atoms with Gasteiger partial charge in [-0.2, -0.15) is 0 Å². The number of carbonyl (C=O) groups excluding carboxylic acids is 1. The SMILES string of the molecule is CNCCCCC[C@@H]1Cc2cc(OCc3ccccc3)ccc2[C@H]2CC[C@]3(C)C(=O)C[C@@H](C)[C@H]3[C@H]12. The molecule has 0 aromatic heterocycles. The zero-order valence-corrected chi connectivity index (χ0v) is 21.9. The highest BCUT2D eigenvalue weighted by Crippen LogP contribution is 2.63. The Morgan fingerprint density at radius 1 is 1.06 bits per heavy atom. The molecule has 0 unspecified atom stereocenters. The Kier molecular flexibility index (Phi) is 7.34. The summed E-state index contributed by atoms with van der Waals surface area (Å²) in [6.07, 6.45) is 9.26. The van der Waals surface area contributed by atoms with E-state index in [1.807, 2.05) is 13.1 Å². The number of ether oxygens (including phenoxy) is 1. The van der Waals surface area contributed by atoms with E-state index in [2.05, 4.69) is 61.6 Å². The van der Waals surface area contributed by atoms with E-state index in [4.69, 9.17) is 4.74 Å². The van der Waals surface area contributed by atoms with Gasteiger partial charge in [0.1, 0.15) is 18.1 Å². The molecule has 0 bridgehead atoms. The lowest BCUT2D eigenvalue weighted by Crippen LogP contribution is -2.47. The van der Waals surface area contributed by atoms with E-state index in [1.54, 1.807) is 5.56 Å². The van der Waals surface area contributed by atoms with Gasteiger partial charge in [-0.15, -0.1) is 0 Å². The maximum atomic E-state index is 13.1. The van der Waals surface area contributed by atoms with Crippen molar-refractivity contribution in [1.82, 2.24) is 5.32 Å². The van der Waals surface area contributed by atoms with Crippen molar-refractivity contribution in [2.24, 2.45) is 29.1 Å². The van der Waals surface area contributed by atoms with Gasteiger partial charge in [0.05, 0.1) is 0 Å². The number of benzene rings is 2. The molecule has 3 aliphatic carbocycles. The number of hydrogen-bond acceptors (Lipinski definition) is 3. The van der Waals surface area contributed by atoms with E-state index in [-0.39, 0.29) is 5.41 Å². The van der Waals surface area contributed by atoms with Crippen LogP contribution in [0.15, 0.2) is 48.5 Å². The second-order valence-electron chi connectivity index (χ2n) is 11.8. The minimum atomic E-state index is -0.0960. The first kappa shape index (κ1) is 24.6. The van der Waals surface area contributed by atoms with Crippen molar-refractivity contribution in [3.05, 3.63) is 65.2 Å². The highest BCUT2D eigenvalue weighted by Gasteiger charge is 2.59. The van der Waals surface area contributed by atoms with Gasteiger partial charge in [-0.1, -0.05) is 63.1 Å². The smallest absolute Gasteiger partial charge is 0.139 e. The average Bonchev–Trinajstić information content (AvgIpc) is 3.10. The number of unbranched alkanes of at least 4 members (excludes halogenated alkanes) is 2. The fraction of sp³-hybridized carbons (Fsp3) is 0.594. The predicted molar refractivity (Wildman–Crippen MR) is 143 cm³/mol. The number of rotatable bonds is 9. The largest absolute Gasteiger partial charge is 0.489 e. The van der Waals surface area contributed by atoms with Crippen molar-refractivity contribution in [3.8, 4) is 5.75 Å². The van der Waals surface area contributed by atoms with Crippen LogP contribution in [0.5, 0.6) is 5.75 Å². The quantitative estimate of drug-likeness (QED) is 0.401. The fourth-order valence-electron chi connectivity index (χ4n) is 8.01. The third kappa shape index (κ3) is 4.81. The van der Waals surface area contributed by atoms with Crippen LogP contribution in [-0.2, 0) is 17.8 Å². The number of fused-ring (bicyclic) bond motifs is 5. The first-order valence-electron chi connectivity index (χ1n) is 14.0. The number of Topliss-reactive ketones (excluding diaryl/α,β-unsaturated/α-hetero) is 1. The van der Waals surface area contributed by atoms with Crippen molar-refractivity contribution in [1.29, 1.82) is 0 Å². The first-order valence-corrected chi connectivity index (χ1v) is 14.0. The number of carbonyl (C=O) groups is 1. The molecule has 2 fully saturated rings. The molecule has 3 heteroatoms. The molecule has 188 valence electrons. The summed E-state index contributed by atoms with van der Waals surface area (Å²) in [6, 6.07) is 17.3. The Morgan fingerprint density at radius 2 is 1.89 bits per heavy atom.